The third kappa shape index (κ3) is 3.30. The summed E-state index contributed by atoms with van der Waals surface area (Å²) in [5.74, 6) is -0.240. The molecule has 19 heavy (non-hydrogen) atoms. The Balaban J connectivity index is 2.28. The van der Waals surface area contributed by atoms with Crippen LogP contribution in [0.25, 0.3) is 0 Å². The number of aryl methyl sites for hydroxylation is 1. The molecule has 0 radical (unpaired) electrons. The number of carbonyl (C=O) groups excluding carboxylic acids is 1. The van der Waals surface area contributed by atoms with Gasteiger partial charge in [-0.25, -0.2) is 0 Å². The van der Waals surface area contributed by atoms with Crippen LogP contribution in [0.4, 0.5) is 5.69 Å². The molecule has 0 aromatic heterocycles. The SMILES string of the molecule is Cc1ccc(C(=O)Nc2cccc(Cl)c2Cl)c(Br)c1. The predicted octanol–water partition coefficient (Wildman–Crippen LogP) is 5.32. The van der Waals surface area contributed by atoms with E-state index in [-0.39, 0.29) is 5.91 Å². The Bertz CT molecular complexity index is 643. The Morgan fingerprint density at radius 1 is 1.21 bits per heavy atom. The number of hydrogen-bond acceptors (Lipinski definition) is 1. The Morgan fingerprint density at radius 2 is 1.95 bits per heavy atom. The molecule has 0 saturated heterocycles. The molecule has 2 rings (SSSR count). The zero-order valence-corrected chi connectivity index (χ0v) is 13.1. The Labute approximate surface area is 129 Å². The van der Waals surface area contributed by atoms with Crippen molar-refractivity contribution in [3.05, 3.63) is 62.0 Å². The van der Waals surface area contributed by atoms with Crippen molar-refractivity contribution in [3.8, 4) is 0 Å². The van der Waals surface area contributed by atoms with E-state index in [1.807, 2.05) is 19.1 Å². The molecular formula is C14H10BrCl2NO. The summed E-state index contributed by atoms with van der Waals surface area (Å²) < 4.78 is 0.739. The van der Waals surface area contributed by atoms with E-state index in [0.29, 0.717) is 21.3 Å². The first kappa shape index (κ1) is 14.4. The number of halogens is 3. The average Bonchev–Trinajstić information content (AvgIpc) is 2.34. The fourth-order valence-electron chi connectivity index (χ4n) is 1.59. The van der Waals surface area contributed by atoms with E-state index < -0.39 is 0 Å². The van der Waals surface area contributed by atoms with Gasteiger partial charge in [0.25, 0.3) is 5.91 Å². The molecule has 1 amide bonds. The number of hydrogen-bond donors (Lipinski definition) is 1. The van der Waals surface area contributed by atoms with Crippen LogP contribution in [0.5, 0.6) is 0 Å². The van der Waals surface area contributed by atoms with E-state index in [0.717, 1.165) is 10.0 Å². The third-order valence-corrected chi connectivity index (χ3v) is 4.04. The van der Waals surface area contributed by atoms with E-state index in [9.17, 15) is 4.79 Å². The third-order valence-electron chi connectivity index (χ3n) is 2.57. The van der Waals surface area contributed by atoms with Gasteiger partial charge in [-0.1, -0.05) is 35.3 Å². The number of benzene rings is 2. The van der Waals surface area contributed by atoms with E-state index in [2.05, 4.69) is 21.2 Å². The molecule has 98 valence electrons. The van der Waals surface area contributed by atoms with Crippen molar-refractivity contribution in [1.82, 2.24) is 0 Å². The van der Waals surface area contributed by atoms with E-state index >= 15 is 0 Å². The molecular weight excluding hydrogens is 349 g/mol. The van der Waals surface area contributed by atoms with Gasteiger partial charge in [0.2, 0.25) is 0 Å². The minimum Gasteiger partial charge on any atom is -0.321 e. The maximum absolute atomic E-state index is 12.2. The molecule has 0 atom stereocenters. The zero-order chi connectivity index (χ0) is 14.0. The highest BCUT2D eigenvalue weighted by atomic mass is 79.9. The maximum Gasteiger partial charge on any atom is 0.256 e. The molecule has 0 aliphatic rings. The first-order valence-electron chi connectivity index (χ1n) is 5.50. The molecule has 0 fully saturated rings. The van der Waals surface area contributed by atoms with Crippen molar-refractivity contribution in [2.24, 2.45) is 0 Å². The standard InChI is InChI=1S/C14H10BrCl2NO/c1-8-5-6-9(10(15)7-8)14(19)18-12-4-2-3-11(16)13(12)17/h2-7H,1H3,(H,18,19). The molecule has 0 bridgehead atoms. The molecule has 0 saturated carbocycles. The largest absolute Gasteiger partial charge is 0.321 e. The Kier molecular flexibility index (Phi) is 4.50. The fraction of sp³-hybridized carbons (Fsp3) is 0.0714. The van der Waals surface area contributed by atoms with E-state index in [1.165, 1.54) is 0 Å². The van der Waals surface area contributed by atoms with Crippen LogP contribution in [-0.2, 0) is 0 Å². The summed E-state index contributed by atoms with van der Waals surface area (Å²) in [7, 11) is 0. The average molecular weight is 359 g/mol. The van der Waals surface area contributed by atoms with Crippen LogP contribution in [0.2, 0.25) is 10.0 Å². The van der Waals surface area contributed by atoms with Crippen molar-refractivity contribution in [2.45, 2.75) is 6.92 Å². The summed E-state index contributed by atoms with van der Waals surface area (Å²) in [6.07, 6.45) is 0. The summed E-state index contributed by atoms with van der Waals surface area (Å²) in [6.45, 7) is 1.96. The second kappa shape index (κ2) is 5.95. The van der Waals surface area contributed by atoms with Gasteiger partial charge in [-0.05, 0) is 52.7 Å². The molecule has 2 aromatic carbocycles. The number of nitrogens with one attached hydrogen (secondary N) is 1. The van der Waals surface area contributed by atoms with Crippen molar-refractivity contribution in [3.63, 3.8) is 0 Å². The lowest BCUT2D eigenvalue weighted by molar-refractivity contribution is 0.102. The Hall–Kier alpha value is -1.03. The van der Waals surface area contributed by atoms with Crippen molar-refractivity contribution in [1.29, 1.82) is 0 Å². The predicted molar refractivity (Wildman–Crippen MR) is 83.3 cm³/mol. The summed E-state index contributed by atoms with van der Waals surface area (Å²) in [4.78, 5) is 12.2. The highest BCUT2D eigenvalue weighted by molar-refractivity contribution is 9.10. The van der Waals surface area contributed by atoms with Crippen LogP contribution in [0.15, 0.2) is 40.9 Å². The topological polar surface area (TPSA) is 29.1 Å². The summed E-state index contributed by atoms with van der Waals surface area (Å²) in [5.41, 5.74) is 2.11. The van der Waals surface area contributed by atoms with Crippen molar-refractivity contribution >= 4 is 50.7 Å². The van der Waals surface area contributed by atoms with Gasteiger partial charge in [0, 0.05) is 4.47 Å². The second-order valence-electron chi connectivity index (χ2n) is 4.04. The minimum atomic E-state index is -0.240. The van der Waals surface area contributed by atoms with Gasteiger partial charge in [0.05, 0.1) is 21.3 Å². The quantitative estimate of drug-likeness (QED) is 0.773. The molecule has 1 N–H and O–H groups in total. The number of anilines is 1. The summed E-state index contributed by atoms with van der Waals surface area (Å²) in [5, 5.41) is 3.48. The first-order valence-corrected chi connectivity index (χ1v) is 7.05. The lowest BCUT2D eigenvalue weighted by Crippen LogP contribution is -2.13. The molecule has 0 unspecified atom stereocenters. The fourth-order valence-corrected chi connectivity index (χ4v) is 2.62. The van der Waals surface area contributed by atoms with Gasteiger partial charge in [0.15, 0.2) is 0 Å². The number of carbonyl (C=O) groups is 1. The first-order chi connectivity index (χ1) is 8.99. The van der Waals surface area contributed by atoms with Crippen LogP contribution in [0.3, 0.4) is 0 Å². The number of rotatable bonds is 2. The monoisotopic (exact) mass is 357 g/mol. The second-order valence-corrected chi connectivity index (χ2v) is 5.68. The normalized spacial score (nSPS) is 10.3. The lowest BCUT2D eigenvalue weighted by atomic mass is 10.1. The van der Waals surface area contributed by atoms with Gasteiger partial charge >= 0.3 is 0 Å². The van der Waals surface area contributed by atoms with Crippen LogP contribution < -0.4 is 5.32 Å². The van der Waals surface area contributed by atoms with Crippen molar-refractivity contribution in [2.75, 3.05) is 5.32 Å². The van der Waals surface area contributed by atoms with Gasteiger partial charge in [-0.2, -0.15) is 0 Å². The van der Waals surface area contributed by atoms with Gasteiger partial charge < -0.3 is 5.32 Å². The Morgan fingerprint density at radius 3 is 2.63 bits per heavy atom. The number of amides is 1. The minimum absolute atomic E-state index is 0.240. The van der Waals surface area contributed by atoms with E-state index in [4.69, 9.17) is 23.2 Å². The van der Waals surface area contributed by atoms with Crippen LogP contribution in [0, 0.1) is 6.92 Å². The highest BCUT2D eigenvalue weighted by Gasteiger charge is 2.12. The molecule has 0 aliphatic heterocycles. The molecule has 0 heterocycles. The lowest BCUT2D eigenvalue weighted by Gasteiger charge is -2.09. The molecule has 2 aromatic rings. The summed E-state index contributed by atoms with van der Waals surface area (Å²) >= 11 is 15.3. The highest BCUT2D eigenvalue weighted by Crippen LogP contribution is 2.30. The van der Waals surface area contributed by atoms with E-state index in [1.54, 1.807) is 24.3 Å². The van der Waals surface area contributed by atoms with Crippen LogP contribution >= 0.6 is 39.1 Å². The summed E-state index contributed by atoms with van der Waals surface area (Å²) in [6, 6.07) is 10.6. The molecule has 0 spiro atoms. The smallest absolute Gasteiger partial charge is 0.256 e. The molecule has 2 nitrogen and oxygen atoms in total. The molecule has 0 aliphatic carbocycles. The molecule has 5 heteroatoms. The maximum atomic E-state index is 12.2. The zero-order valence-electron chi connectivity index (χ0n) is 10.0. The van der Waals surface area contributed by atoms with Crippen molar-refractivity contribution < 1.29 is 4.79 Å². The van der Waals surface area contributed by atoms with Crippen LogP contribution in [0.1, 0.15) is 15.9 Å². The van der Waals surface area contributed by atoms with Crippen LogP contribution in [-0.4, -0.2) is 5.91 Å². The van der Waals surface area contributed by atoms with Gasteiger partial charge in [-0.15, -0.1) is 0 Å². The van der Waals surface area contributed by atoms with Gasteiger partial charge in [-0.3, -0.25) is 4.79 Å². The van der Waals surface area contributed by atoms with Gasteiger partial charge in [0.1, 0.15) is 0 Å².